The summed E-state index contributed by atoms with van der Waals surface area (Å²) < 4.78 is 0. The van der Waals surface area contributed by atoms with Gasteiger partial charge in [0.25, 0.3) is 0 Å². The van der Waals surface area contributed by atoms with E-state index in [1.807, 2.05) is 75.3 Å². The van der Waals surface area contributed by atoms with E-state index in [4.69, 9.17) is 0 Å². The molecule has 0 radical (unpaired) electrons. The Balaban J connectivity index is 0.000000309. The number of pyridine rings is 4. The normalized spacial score (nSPS) is 13.2. The zero-order valence-corrected chi connectivity index (χ0v) is 35.3. The molecule has 0 unspecified atom stereocenters. The zero-order valence-electron chi connectivity index (χ0n) is 35.3. The molecular weight excluding hydrogens is 645 g/mol. The van der Waals surface area contributed by atoms with Gasteiger partial charge in [0.2, 0.25) is 0 Å². The number of rotatable bonds is 0. The summed E-state index contributed by atoms with van der Waals surface area (Å²) in [6.45, 7) is 29.4. The van der Waals surface area contributed by atoms with E-state index >= 15 is 0 Å². The number of aryl methyl sites for hydroxylation is 8. The number of hydrogen-bond donors (Lipinski definition) is 0. The second-order valence-electron chi connectivity index (χ2n) is 13.9. The molecular formula is C49H66N4. The van der Waals surface area contributed by atoms with Gasteiger partial charge in [-0.15, -0.1) is 0 Å². The topological polar surface area (TPSA) is 51.6 Å². The average molecular weight is 711 g/mol. The van der Waals surface area contributed by atoms with Gasteiger partial charge in [0.1, 0.15) is 0 Å². The fourth-order valence-corrected chi connectivity index (χ4v) is 4.38. The van der Waals surface area contributed by atoms with Crippen LogP contribution in [0.5, 0.6) is 0 Å². The zero-order chi connectivity index (χ0) is 39.8. The number of nitrogens with zero attached hydrogens (tertiary/aromatic N) is 4. The van der Waals surface area contributed by atoms with Gasteiger partial charge in [-0.3, -0.25) is 19.9 Å². The highest BCUT2D eigenvalue weighted by molar-refractivity contribution is 5.33. The van der Waals surface area contributed by atoms with E-state index in [1.54, 1.807) is 0 Å². The van der Waals surface area contributed by atoms with Gasteiger partial charge in [0.05, 0.1) is 0 Å². The van der Waals surface area contributed by atoms with Crippen LogP contribution in [0, 0.1) is 55.4 Å². The van der Waals surface area contributed by atoms with Crippen LogP contribution >= 0.6 is 0 Å². The maximum Gasteiger partial charge on any atom is 0.0401 e. The Hall–Kier alpha value is -4.96. The molecule has 0 saturated heterocycles. The number of hydrogen-bond acceptors (Lipinski definition) is 4. The first-order valence-corrected chi connectivity index (χ1v) is 18.6. The van der Waals surface area contributed by atoms with Crippen LogP contribution < -0.4 is 0 Å². The molecule has 3 aliphatic rings. The second-order valence-corrected chi connectivity index (χ2v) is 13.9. The number of allylic oxidation sites excluding steroid dienone is 12. The number of aromatic nitrogens is 4. The van der Waals surface area contributed by atoms with Gasteiger partial charge in [-0.25, -0.2) is 0 Å². The Morgan fingerprint density at radius 1 is 0.415 bits per heavy atom. The lowest BCUT2D eigenvalue weighted by Crippen LogP contribution is -1.81. The SMILES string of the molecule is CC1=C(C)CC=C1.CC1=C(C)CC=C1.CC1=CCC=C1C.Cc1cccnc1C.Cc1cccnc1C.Cc1ccncc1C.Cc1ccncc1C. The van der Waals surface area contributed by atoms with Gasteiger partial charge < -0.3 is 0 Å². The fraction of sp³-hybridized carbons (Fsp3) is 0.347. The Morgan fingerprint density at radius 2 is 0.792 bits per heavy atom. The molecule has 0 spiro atoms. The van der Waals surface area contributed by atoms with E-state index in [0.717, 1.165) is 17.8 Å². The van der Waals surface area contributed by atoms with Crippen molar-refractivity contribution in [1.29, 1.82) is 0 Å². The predicted molar refractivity (Wildman–Crippen MR) is 231 cm³/mol. The summed E-state index contributed by atoms with van der Waals surface area (Å²) in [5.74, 6) is 0. The Morgan fingerprint density at radius 3 is 0.943 bits per heavy atom. The van der Waals surface area contributed by atoms with Crippen LogP contribution in [0.1, 0.15) is 106 Å². The lowest BCUT2D eigenvalue weighted by molar-refractivity contribution is 1.15. The van der Waals surface area contributed by atoms with Crippen LogP contribution in [0.15, 0.2) is 143 Å². The monoisotopic (exact) mass is 711 g/mol. The van der Waals surface area contributed by atoms with E-state index in [9.17, 15) is 0 Å². The van der Waals surface area contributed by atoms with E-state index in [0.29, 0.717) is 0 Å². The molecule has 4 nitrogen and oxygen atoms in total. The van der Waals surface area contributed by atoms with Crippen molar-refractivity contribution in [2.45, 2.75) is 116 Å². The minimum atomic E-state index is 1.12. The van der Waals surface area contributed by atoms with Gasteiger partial charge in [0, 0.05) is 48.6 Å². The largest absolute Gasteiger partial charge is 0.264 e. The van der Waals surface area contributed by atoms with Crippen LogP contribution in [0.25, 0.3) is 0 Å². The van der Waals surface area contributed by atoms with Crippen molar-refractivity contribution in [3.05, 3.63) is 188 Å². The van der Waals surface area contributed by atoms with E-state index in [-0.39, 0.29) is 0 Å². The van der Waals surface area contributed by atoms with Crippen LogP contribution in [0.3, 0.4) is 0 Å². The molecule has 4 heteroatoms. The minimum Gasteiger partial charge on any atom is -0.264 e. The Labute approximate surface area is 323 Å². The highest BCUT2D eigenvalue weighted by Crippen LogP contribution is 2.17. The third-order valence-electron chi connectivity index (χ3n) is 9.54. The predicted octanol–water partition coefficient (Wildman–Crippen LogP) is 13.6. The first-order chi connectivity index (χ1) is 25.1. The summed E-state index contributed by atoms with van der Waals surface area (Å²) in [6.07, 6.45) is 27.7. The molecule has 282 valence electrons. The molecule has 0 bridgehead atoms. The third-order valence-corrected chi connectivity index (χ3v) is 9.54. The van der Waals surface area contributed by atoms with Gasteiger partial charge in [-0.1, -0.05) is 82.0 Å². The van der Waals surface area contributed by atoms with Crippen molar-refractivity contribution in [2.75, 3.05) is 0 Å². The lowest BCUT2D eigenvalue weighted by atomic mass is 10.2. The smallest absolute Gasteiger partial charge is 0.0401 e. The molecule has 4 aromatic heterocycles. The van der Waals surface area contributed by atoms with Crippen LogP contribution in [0.2, 0.25) is 0 Å². The van der Waals surface area contributed by atoms with E-state index in [2.05, 4.69) is 152 Å². The molecule has 0 amide bonds. The lowest BCUT2D eigenvalue weighted by Gasteiger charge is -1.92. The molecule has 0 atom stereocenters. The van der Waals surface area contributed by atoms with E-state index in [1.165, 1.54) is 79.7 Å². The molecule has 3 aliphatic carbocycles. The second kappa shape index (κ2) is 25.9. The van der Waals surface area contributed by atoms with Crippen molar-refractivity contribution in [2.24, 2.45) is 0 Å². The van der Waals surface area contributed by atoms with Gasteiger partial charge in [0.15, 0.2) is 0 Å². The maximum atomic E-state index is 4.08. The molecule has 0 aliphatic heterocycles. The molecule has 7 rings (SSSR count). The van der Waals surface area contributed by atoms with Gasteiger partial charge >= 0.3 is 0 Å². The summed E-state index contributed by atoms with van der Waals surface area (Å²) in [6, 6.07) is 12.0. The third kappa shape index (κ3) is 20.0. The first-order valence-electron chi connectivity index (χ1n) is 18.6. The molecule has 0 N–H and O–H groups in total. The van der Waals surface area contributed by atoms with Crippen molar-refractivity contribution in [3.8, 4) is 0 Å². The van der Waals surface area contributed by atoms with Gasteiger partial charge in [-0.2, -0.15) is 0 Å². The highest BCUT2D eigenvalue weighted by atomic mass is 14.7. The summed E-state index contributed by atoms with van der Waals surface area (Å²) >= 11 is 0. The van der Waals surface area contributed by atoms with Crippen LogP contribution in [0.4, 0.5) is 0 Å². The molecule has 4 heterocycles. The van der Waals surface area contributed by atoms with Crippen LogP contribution in [-0.2, 0) is 0 Å². The maximum absolute atomic E-state index is 4.08. The molecule has 0 saturated carbocycles. The van der Waals surface area contributed by atoms with Crippen molar-refractivity contribution < 1.29 is 0 Å². The van der Waals surface area contributed by atoms with E-state index < -0.39 is 0 Å². The Kier molecular flexibility index (Phi) is 22.5. The standard InChI is InChI=1S/4C7H9N.3C7H10/c2*1-6-3-4-8-5-7(6)2;2*1-6-4-3-5-8-7(6)2;3*1-6-4-3-5-7(6)2/h4*3-5H,1-2H3;4-5H,3H2,1-2H3;2*3-4H,5H2,1-2H3. The summed E-state index contributed by atoms with van der Waals surface area (Å²) in [4.78, 5) is 16.0. The summed E-state index contributed by atoms with van der Waals surface area (Å²) in [5.41, 5.74) is 18.7. The van der Waals surface area contributed by atoms with Crippen LogP contribution in [-0.4, -0.2) is 19.9 Å². The van der Waals surface area contributed by atoms with Crippen molar-refractivity contribution >= 4 is 0 Å². The van der Waals surface area contributed by atoms with Gasteiger partial charge in [-0.05, 0) is 174 Å². The average Bonchev–Trinajstić information content (AvgIpc) is 3.84. The minimum absolute atomic E-state index is 1.12. The Bertz CT molecular complexity index is 1570. The quantitative estimate of drug-likeness (QED) is 0.182. The highest BCUT2D eigenvalue weighted by Gasteiger charge is 1.97. The molecule has 53 heavy (non-hydrogen) atoms. The van der Waals surface area contributed by atoms with Crippen molar-refractivity contribution in [1.82, 2.24) is 19.9 Å². The fourth-order valence-electron chi connectivity index (χ4n) is 4.38. The van der Waals surface area contributed by atoms with Crippen molar-refractivity contribution in [3.63, 3.8) is 0 Å². The summed E-state index contributed by atoms with van der Waals surface area (Å²) in [7, 11) is 0. The first kappa shape index (κ1) is 46.1. The molecule has 0 fully saturated rings. The molecule has 4 aromatic rings. The summed E-state index contributed by atoms with van der Waals surface area (Å²) in [5, 5.41) is 0. The molecule has 0 aromatic carbocycles.